The van der Waals surface area contributed by atoms with Gasteiger partial charge in [-0.05, 0) is 89.9 Å². The molecule has 0 aromatic carbocycles. The molecule has 2 atom stereocenters. The molecule has 0 saturated heterocycles. The van der Waals surface area contributed by atoms with Crippen molar-refractivity contribution >= 4 is 19.8 Å². The topological polar surface area (TPSA) is 111 Å². The monoisotopic (exact) mass is 1360 g/mol. The summed E-state index contributed by atoms with van der Waals surface area (Å²) < 4.78 is 34.4. The number of ether oxygens (including phenoxy) is 2. The standard InChI is InChI=1S/C86H158NO8P/c1-6-8-10-12-14-16-18-20-22-24-26-28-30-32-34-36-38-39-40-41-42-43-44-45-46-47-49-51-53-55-57-59-61-63-65-67-69-71-73-75-77-79-86(89)95-84(83-94-96(90,91)93-81-80-87(3,4)5)82-92-85(88)78-76-74-72-70-68-66-64-62-60-58-56-54-52-50-48-37-35-33-31-29-27-25-23-21-19-17-15-13-11-9-7-2/h8,10,14,16,19-22,25-28,31,33,84H,6-7,9,11-13,15,17-18,23-24,29-30,32,34-83H2,1-5H3/b10-8-,16-14-,21-19-,22-20-,27-25-,28-26-,33-31-. The summed E-state index contributed by atoms with van der Waals surface area (Å²) in [7, 11) is 1.18. The van der Waals surface area contributed by atoms with Crippen molar-refractivity contribution in [1.29, 1.82) is 0 Å². The summed E-state index contributed by atoms with van der Waals surface area (Å²) in [5.41, 5.74) is 0. The normalized spacial score (nSPS) is 13.4. The first-order valence-corrected chi connectivity index (χ1v) is 42.8. The van der Waals surface area contributed by atoms with Crippen LogP contribution in [0.4, 0.5) is 0 Å². The molecule has 96 heavy (non-hydrogen) atoms. The number of unbranched alkanes of at least 4 members (excludes halogenated alkanes) is 49. The predicted octanol–water partition coefficient (Wildman–Crippen LogP) is 27.0. The van der Waals surface area contributed by atoms with Gasteiger partial charge in [0.1, 0.15) is 19.8 Å². The highest BCUT2D eigenvalue weighted by Crippen LogP contribution is 2.38. The third-order valence-corrected chi connectivity index (χ3v) is 19.4. The van der Waals surface area contributed by atoms with Crippen LogP contribution < -0.4 is 4.89 Å². The third-order valence-electron chi connectivity index (χ3n) is 18.4. The molecule has 0 aliphatic rings. The number of hydrogen-bond donors (Lipinski definition) is 0. The van der Waals surface area contributed by atoms with E-state index in [1.54, 1.807) is 0 Å². The van der Waals surface area contributed by atoms with Crippen LogP contribution in [-0.4, -0.2) is 70.0 Å². The summed E-state index contributed by atoms with van der Waals surface area (Å²) in [4.78, 5) is 38.2. The predicted molar refractivity (Wildman–Crippen MR) is 416 cm³/mol. The Balaban J connectivity index is 3.89. The van der Waals surface area contributed by atoms with Gasteiger partial charge in [-0.3, -0.25) is 14.2 Å². The van der Waals surface area contributed by atoms with Gasteiger partial charge in [0.25, 0.3) is 7.82 Å². The van der Waals surface area contributed by atoms with E-state index in [0.717, 1.165) is 70.6 Å². The van der Waals surface area contributed by atoms with Crippen LogP contribution in [0.25, 0.3) is 0 Å². The van der Waals surface area contributed by atoms with Crippen LogP contribution in [0.2, 0.25) is 0 Å². The van der Waals surface area contributed by atoms with Crippen molar-refractivity contribution in [2.45, 2.75) is 405 Å². The maximum Gasteiger partial charge on any atom is 0.306 e. The molecular weight excluding hydrogens is 1210 g/mol. The Morgan fingerprint density at radius 2 is 0.594 bits per heavy atom. The molecule has 0 aliphatic carbocycles. The fourth-order valence-corrected chi connectivity index (χ4v) is 12.9. The largest absolute Gasteiger partial charge is 0.756 e. The average molecular weight is 1370 g/mol. The van der Waals surface area contributed by atoms with Crippen molar-refractivity contribution < 1.29 is 42.1 Å². The molecule has 0 heterocycles. The molecule has 560 valence electrons. The van der Waals surface area contributed by atoms with Gasteiger partial charge in [0.05, 0.1) is 27.7 Å². The second kappa shape index (κ2) is 76.4. The highest BCUT2D eigenvalue weighted by atomic mass is 31.2. The van der Waals surface area contributed by atoms with Gasteiger partial charge in [-0.1, -0.05) is 381 Å². The van der Waals surface area contributed by atoms with Crippen LogP contribution in [0, 0.1) is 0 Å². The lowest BCUT2D eigenvalue weighted by Crippen LogP contribution is -2.37. The van der Waals surface area contributed by atoms with Gasteiger partial charge in [-0.2, -0.15) is 0 Å². The molecule has 0 N–H and O–H groups in total. The molecule has 0 aromatic heterocycles. The van der Waals surface area contributed by atoms with Gasteiger partial charge in [0, 0.05) is 12.8 Å². The second-order valence-corrected chi connectivity index (χ2v) is 30.5. The molecule has 0 radical (unpaired) electrons. The summed E-state index contributed by atoms with van der Waals surface area (Å²) in [5, 5.41) is 0. The van der Waals surface area contributed by atoms with Crippen molar-refractivity contribution in [2.75, 3.05) is 47.5 Å². The quantitative estimate of drug-likeness (QED) is 0.0195. The molecule has 0 rings (SSSR count). The van der Waals surface area contributed by atoms with E-state index in [0.29, 0.717) is 17.4 Å². The summed E-state index contributed by atoms with van der Waals surface area (Å²) in [5.74, 6) is -0.813. The molecule has 0 bridgehead atoms. The number of phosphoric acid groups is 1. The summed E-state index contributed by atoms with van der Waals surface area (Å²) in [6, 6.07) is 0. The molecular formula is C86H158NO8P. The number of phosphoric ester groups is 1. The lowest BCUT2D eigenvalue weighted by Gasteiger charge is -2.28. The summed E-state index contributed by atoms with van der Waals surface area (Å²) in [6.45, 7) is 4.18. The molecule has 0 aliphatic heterocycles. The Kier molecular flexibility index (Phi) is 74.1. The van der Waals surface area contributed by atoms with Crippen molar-refractivity contribution in [3.05, 3.63) is 85.1 Å². The maximum absolute atomic E-state index is 12.9. The number of likely N-dealkylation sites (N-methyl/N-ethyl adjacent to an activating group) is 1. The lowest BCUT2D eigenvalue weighted by molar-refractivity contribution is -0.870. The molecule has 0 fully saturated rings. The number of esters is 2. The Labute approximate surface area is 596 Å². The van der Waals surface area contributed by atoms with Crippen molar-refractivity contribution in [3.8, 4) is 0 Å². The zero-order valence-electron chi connectivity index (χ0n) is 64.1. The van der Waals surface area contributed by atoms with Crippen LogP contribution in [0.3, 0.4) is 0 Å². The molecule has 0 saturated carbocycles. The molecule has 10 heteroatoms. The Morgan fingerprint density at radius 1 is 0.333 bits per heavy atom. The van der Waals surface area contributed by atoms with E-state index in [2.05, 4.69) is 98.9 Å². The number of rotatable bonds is 77. The lowest BCUT2D eigenvalue weighted by atomic mass is 10.0. The first-order valence-electron chi connectivity index (χ1n) is 41.3. The molecule has 0 amide bonds. The van der Waals surface area contributed by atoms with Crippen LogP contribution in [0.5, 0.6) is 0 Å². The van der Waals surface area contributed by atoms with E-state index < -0.39 is 26.5 Å². The number of carbonyl (C=O) groups excluding carboxylic acids is 2. The molecule has 9 nitrogen and oxygen atoms in total. The molecule has 0 aromatic rings. The number of nitrogens with zero attached hydrogens (tertiary/aromatic N) is 1. The number of quaternary nitrogens is 1. The first kappa shape index (κ1) is 93.2. The Hall–Kier alpha value is -2.81. The van der Waals surface area contributed by atoms with Gasteiger partial charge in [0.2, 0.25) is 0 Å². The van der Waals surface area contributed by atoms with E-state index in [1.165, 1.54) is 295 Å². The summed E-state index contributed by atoms with van der Waals surface area (Å²) >= 11 is 0. The maximum atomic E-state index is 12.9. The van der Waals surface area contributed by atoms with Gasteiger partial charge in [0.15, 0.2) is 6.10 Å². The number of hydrogen-bond acceptors (Lipinski definition) is 8. The van der Waals surface area contributed by atoms with Crippen LogP contribution in [0.1, 0.15) is 399 Å². The Morgan fingerprint density at radius 3 is 0.885 bits per heavy atom. The minimum atomic E-state index is -4.65. The van der Waals surface area contributed by atoms with Crippen LogP contribution >= 0.6 is 7.82 Å². The van der Waals surface area contributed by atoms with E-state index in [4.69, 9.17) is 18.5 Å². The second-order valence-electron chi connectivity index (χ2n) is 29.1. The van der Waals surface area contributed by atoms with Crippen LogP contribution in [-0.2, 0) is 32.7 Å². The Bertz CT molecular complexity index is 1900. The summed E-state index contributed by atoms with van der Waals surface area (Å²) in [6.07, 6.45) is 106. The van der Waals surface area contributed by atoms with E-state index in [9.17, 15) is 19.0 Å². The highest BCUT2D eigenvalue weighted by Gasteiger charge is 2.22. The first-order chi connectivity index (χ1) is 47.0. The fraction of sp³-hybridized carbons (Fsp3) is 0.814. The minimum absolute atomic E-state index is 0.0298. The SMILES string of the molecule is CC/C=C\C/C=C\C/C=C\C/C=C\CCCCCCCCCCCCCCCCCCCCCCCCCCCCCCC(=O)OC(COC(=O)CCCCCCCCCCCCCCCCCC/C=C\C/C=C\C/C=C\CCCCCCC)COP(=O)([O-])OCC[N+](C)(C)C. The van der Waals surface area contributed by atoms with E-state index in [-0.39, 0.29) is 32.0 Å². The highest BCUT2D eigenvalue weighted by molar-refractivity contribution is 7.45. The van der Waals surface area contributed by atoms with Gasteiger partial charge in [-0.15, -0.1) is 0 Å². The zero-order chi connectivity index (χ0) is 69.7. The smallest absolute Gasteiger partial charge is 0.306 e. The van der Waals surface area contributed by atoms with E-state index >= 15 is 0 Å². The van der Waals surface area contributed by atoms with Crippen LogP contribution in [0.15, 0.2) is 85.1 Å². The van der Waals surface area contributed by atoms with Gasteiger partial charge in [-0.25, -0.2) is 0 Å². The minimum Gasteiger partial charge on any atom is -0.756 e. The van der Waals surface area contributed by atoms with Crippen molar-refractivity contribution in [3.63, 3.8) is 0 Å². The van der Waals surface area contributed by atoms with Crippen molar-refractivity contribution in [1.82, 2.24) is 0 Å². The van der Waals surface area contributed by atoms with E-state index in [1.807, 2.05) is 21.1 Å². The molecule has 2 unspecified atom stereocenters. The fourth-order valence-electron chi connectivity index (χ4n) is 12.1. The number of carbonyl (C=O) groups is 2. The number of allylic oxidation sites excluding steroid dienone is 14. The zero-order valence-corrected chi connectivity index (χ0v) is 65.0. The van der Waals surface area contributed by atoms with Gasteiger partial charge < -0.3 is 27.9 Å². The molecule has 0 spiro atoms. The third kappa shape index (κ3) is 80.2. The average Bonchev–Trinajstić information content (AvgIpc) is 2.54. The van der Waals surface area contributed by atoms with Gasteiger partial charge >= 0.3 is 11.9 Å². The van der Waals surface area contributed by atoms with Crippen molar-refractivity contribution in [2.24, 2.45) is 0 Å².